The van der Waals surface area contributed by atoms with Crippen molar-refractivity contribution in [1.82, 2.24) is 10.2 Å². The Morgan fingerprint density at radius 1 is 1.30 bits per heavy atom. The minimum absolute atomic E-state index is 0.0728. The Morgan fingerprint density at radius 2 is 1.95 bits per heavy atom. The molecule has 1 amide bonds. The molecular formula is C15H28N2O3. The van der Waals surface area contributed by atoms with Gasteiger partial charge in [-0.05, 0) is 26.3 Å². The van der Waals surface area contributed by atoms with Gasteiger partial charge in [0.25, 0.3) is 0 Å². The number of nitrogens with one attached hydrogen (secondary N) is 1. The van der Waals surface area contributed by atoms with E-state index in [1.807, 2.05) is 18.7 Å². The standard InChI is InChI=1S/C15H28N2O3/c1-4-17(11-10-14(18)20-3)12(2)15(19)16-13-8-6-5-7-9-13/h12-13H,4-11H2,1-3H3,(H,16,19). The van der Waals surface area contributed by atoms with E-state index in [-0.39, 0.29) is 17.9 Å². The molecule has 0 heterocycles. The molecule has 1 N–H and O–H groups in total. The summed E-state index contributed by atoms with van der Waals surface area (Å²) in [6.07, 6.45) is 6.20. The molecule has 0 aromatic heterocycles. The van der Waals surface area contributed by atoms with Crippen LogP contribution in [-0.2, 0) is 14.3 Å². The van der Waals surface area contributed by atoms with Crippen LogP contribution in [0.15, 0.2) is 0 Å². The molecule has 0 spiro atoms. The second kappa shape index (κ2) is 8.95. The maximum absolute atomic E-state index is 12.3. The fourth-order valence-electron chi connectivity index (χ4n) is 2.70. The van der Waals surface area contributed by atoms with Crippen LogP contribution in [0.4, 0.5) is 0 Å². The molecule has 20 heavy (non-hydrogen) atoms. The Balaban J connectivity index is 2.40. The summed E-state index contributed by atoms with van der Waals surface area (Å²) in [4.78, 5) is 25.5. The summed E-state index contributed by atoms with van der Waals surface area (Å²) >= 11 is 0. The molecule has 0 saturated heterocycles. The Kier molecular flexibility index (Phi) is 7.59. The Morgan fingerprint density at radius 3 is 2.50 bits per heavy atom. The number of esters is 1. The highest BCUT2D eigenvalue weighted by Crippen LogP contribution is 2.17. The molecule has 1 rings (SSSR count). The van der Waals surface area contributed by atoms with E-state index >= 15 is 0 Å². The number of methoxy groups -OCH3 is 1. The third-order valence-corrected chi connectivity index (χ3v) is 4.12. The van der Waals surface area contributed by atoms with Crippen molar-refractivity contribution in [2.24, 2.45) is 0 Å². The van der Waals surface area contributed by atoms with Gasteiger partial charge in [-0.25, -0.2) is 0 Å². The molecule has 1 atom stereocenters. The molecule has 116 valence electrons. The number of nitrogens with zero attached hydrogens (tertiary/aromatic N) is 1. The van der Waals surface area contributed by atoms with E-state index in [1.54, 1.807) is 0 Å². The smallest absolute Gasteiger partial charge is 0.306 e. The number of amides is 1. The van der Waals surface area contributed by atoms with E-state index < -0.39 is 0 Å². The molecular weight excluding hydrogens is 256 g/mol. The second-order valence-corrected chi connectivity index (χ2v) is 5.47. The van der Waals surface area contributed by atoms with Gasteiger partial charge in [-0.15, -0.1) is 0 Å². The summed E-state index contributed by atoms with van der Waals surface area (Å²) in [6, 6.07) is 0.129. The van der Waals surface area contributed by atoms with Gasteiger partial charge >= 0.3 is 5.97 Å². The molecule has 5 nitrogen and oxygen atoms in total. The van der Waals surface area contributed by atoms with Crippen LogP contribution in [0.1, 0.15) is 52.4 Å². The normalized spacial score (nSPS) is 17.8. The van der Waals surface area contributed by atoms with Crippen molar-refractivity contribution < 1.29 is 14.3 Å². The van der Waals surface area contributed by atoms with Crippen LogP contribution in [0.25, 0.3) is 0 Å². The van der Waals surface area contributed by atoms with Gasteiger partial charge in [-0.2, -0.15) is 0 Å². The lowest BCUT2D eigenvalue weighted by Gasteiger charge is -2.29. The van der Waals surface area contributed by atoms with Crippen LogP contribution in [0.3, 0.4) is 0 Å². The monoisotopic (exact) mass is 284 g/mol. The van der Waals surface area contributed by atoms with Gasteiger partial charge in [0.1, 0.15) is 0 Å². The van der Waals surface area contributed by atoms with Crippen LogP contribution in [0, 0.1) is 0 Å². The topological polar surface area (TPSA) is 58.6 Å². The summed E-state index contributed by atoms with van der Waals surface area (Å²) in [5.41, 5.74) is 0. The molecule has 0 radical (unpaired) electrons. The van der Waals surface area contributed by atoms with Crippen molar-refractivity contribution in [3.63, 3.8) is 0 Å². The highest BCUT2D eigenvalue weighted by Gasteiger charge is 2.23. The third kappa shape index (κ3) is 5.49. The van der Waals surface area contributed by atoms with Crippen molar-refractivity contribution in [2.75, 3.05) is 20.2 Å². The first-order valence-electron chi connectivity index (χ1n) is 7.69. The van der Waals surface area contributed by atoms with E-state index in [2.05, 4.69) is 10.1 Å². The summed E-state index contributed by atoms with van der Waals surface area (Å²) < 4.78 is 4.64. The first-order valence-corrected chi connectivity index (χ1v) is 7.69. The van der Waals surface area contributed by atoms with Gasteiger partial charge in [0.2, 0.25) is 5.91 Å². The molecule has 1 aliphatic carbocycles. The molecule has 0 aliphatic heterocycles. The predicted molar refractivity (Wildman–Crippen MR) is 78.4 cm³/mol. The zero-order valence-corrected chi connectivity index (χ0v) is 13.0. The number of carbonyl (C=O) groups excluding carboxylic acids is 2. The fourth-order valence-corrected chi connectivity index (χ4v) is 2.70. The van der Waals surface area contributed by atoms with E-state index in [4.69, 9.17) is 0 Å². The van der Waals surface area contributed by atoms with Gasteiger partial charge in [-0.1, -0.05) is 26.2 Å². The van der Waals surface area contributed by atoms with Crippen molar-refractivity contribution >= 4 is 11.9 Å². The molecule has 1 aliphatic rings. The summed E-state index contributed by atoms with van der Waals surface area (Å²) in [5.74, 6) is -0.160. The van der Waals surface area contributed by atoms with Crippen LogP contribution < -0.4 is 5.32 Å². The van der Waals surface area contributed by atoms with E-state index in [1.165, 1.54) is 26.4 Å². The molecule has 5 heteroatoms. The second-order valence-electron chi connectivity index (χ2n) is 5.47. The average molecular weight is 284 g/mol. The molecule has 0 aromatic carbocycles. The van der Waals surface area contributed by atoms with E-state index in [0.717, 1.165) is 19.4 Å². The van der Waals surface area contributed by atoms with E-state index in [9.17, 15) is 9.59 Å². The number of hydrogen-bond donors (Lipinski definition) is 1. The lowest BCUT2D eigenvalue weighted by molar-refractivity contribution is -0.141. The Bertz CT molecular complexity index is 314. The molecule has 1 saturated carbocycles. The van der Waals surface area contributed by atoms with Gasteiger partial charge in [0.05, 0.1) is 19.6 Å². The van der Waals surface area contributed by atoms with Crippen LogP contribution in [0.2, 0.25) is 0 Å². The highest BCUT2D eigenvalue weighted by atomic mass is 16.5. The molecule has 1 fully saturated rings. The predicted octanol–water partition coefficient (Wildman–Crippen LogP) is 1.71. The van der Waals surface area contributed by atoms with Crippen molar-refractivity contribution in [3.05, 3.63) is 0 Å². The quantitative estimate of drug-likeness (QED) is 0.723. The minimum atomic E-state index is -0.233. The number of hydrogen-bond acceptors (Lipinski definition) is 4. The Hall–Kier alpha value is -1.10. The van der Waals surface area contributed by atoms with Gasteiger partial charge < -0.3 is 10.1 Å². The van der Waals surface area contributed by atoms with Gasteiger partial charge in [0.15, 0.2) is 0 Å². The number of likely N-dealkylation sites (N-methyl/N-ethyl adjacent to an activating group) is 1. The SMILES string of the molecule is CCN(CCC(=O)OC)C(C)C(=O)NC1CCCCC1. The number of rotatable bonds is 7. The van der Waals surface area contributed by atoms with Crippen LogP contribution >= 0.6 is 0 Å². The number of ether oxygens (including phenoxy) is 1. The fraction of sp³-hybridized carbons (Fsp3) is 0.867. The largest absolute Gasteiger partial charge is 0.469 e. The maximum Gasteiger partial charge on any atom is 0.306 e. The Labute approximate surface area is 122 Å². The lowest BCUT2D eigenvalue weighted by Crippen LogP contribution is -2.49. The molecule has 1 unspecified atom stereocenters. The average Bonchev–Trinajstić information content (AvgIpc) is 2.48. The number of carbonyl (C=O) groups is 2. The first-order chi connectivity index (χ1) is 9.58. The first kappa shape index (κ1) is 17.0. The maximum atomic E-state index is 12.3. The zero-order chi connectivity index (χ0) is 15.0. The summed E-state index contributed by atoms with van der Waals surface area (Å²) in [5, 5.41) is 3.14. The van der Waals surface area contributed by atoms with Crippen molar-refractivity contribution in [1.29, 1.82) is 0 Å². The van der Waals surface area contributed by atoms with Gasteiger partial charge in [-0.3, -0.25) is 14.5 Å². The zero-order valence-electron chi connectivity index (χ0n) is 13.0. The van der Waals surface area contributed by atoms with Crippen LogP contribution in [0.5, 0.6) is 0 Å². The summed E-state index contributed by atoms with van der Waals surface area (Å²) in [6.45, 7) is 5.21. The third-order valence-electron chi connectivity index (χ3n) is 4.12. The lowest BCUT2D eigenvalue weighted by atomic mass is 9.95. The van der Waals surface area contributed by atoms with Gasteiger partial charge in [0, 0.05) is 12.6 Å². The van der Waals surface area contributed by atoms with Crippen molar-refractivity contribution in [2.45, 2.75) is 64.5 Å². The molecule has 0 bridgehead atoms. The summed E-state index contributed by atoms with van der Waals surface area (Å²) in [7, 11) is 1.39. The van der Waals surface area contributed by atoms with Crippen LogP contribution in [-0.4, -0.2) is 49.1 Å². The minimum Gasteiger partial charge on any atom is -0.469 e. The molecule has 0 aromatic rings. The van der Waals surface area contributed by atoms with E-state index in [0.29, 0.717) is 19.0 Å². The van der Waals surface area contributed by atoms with Crippen molar-refractivity contribution in [3.8, 4) is 0 Å². The highest BCUT2D eigenvalue weighted by molar-refractivity contribution is 5.81.